The number of carboxylic acid groups (broad SMARTS) is 1. The number of benzene rings is 1. The van der Waals surface area contributed by atoms with Gasteiger partial charge in [-0.3, -0.25) is 0 Å². The van der Waals surface area contributed by atoms with Crippen LogP contribution in [0.5, 0.6) is 0 Å². The number of hydrogen-bond acceptors (Lipinski definition) is 2. The van der Waals surface area contributed by atoms with E-state index in [9.17, 15) is 9.59 Å². The van der Waals surface area contributed by atoms with Gasteiger partial charge in [-0.2, -0.15) is 0 Å². The minimum Gasteiger partial charge on any atom is -0.478 e. The number of aryl methyl sites for hydroxylation is 2. The predicted octanol–water partition coefficient (Wildman–Crippen LogP) is 2.22. The summed E-state index contributed by atoms with van der Waals surface area (Å²) in [5.74, 6) is -0.954. The van der Waals surface area contributed by atoms with Gasteiger partial charge in [-0.15, -0.1) is 0 Å². The number of carboxylic acids is 1. The van der Waals surface area contributed by atoms with E-state index >= 15 is 0 Å². The number of rotatable bonds is 5. The number of aliphatic carboxylic acids is 1. The van der Waals surface area contributed by atoms with E-state index in [1.807, 2.05) is 25.1 Å². The Balaban J connectivity index is 2.82. The first kappa shape index (κ1) is 12.2. The molecule has 0 aliphatic rings. The topological polar surface area (TPSA) is 54.4 Å². The Morgan fingerprint density at radius 1 is 1.44 bits per heavy atom. The van der Waals surface area contributed by atoms with Crippen molar-refractivity contribution in [1.82, 2.24) is 0 Å². The first-order valence-electron chi connectivity index (χ1n) is 5.07. The van der Waals surface area contributed by atoms with Crippen LogP contribution in [0.4, 0.5) is 0 Å². The van der Waals surface area contributed by atoms with Gasteiger partial charge in [0.05, 0.1) is 0 Å². The molecule has 1 N–H and O–H groups in total. The zero-order valence-corrected chi connectivity index (χ0v) is 9.14. The molecule has 0 bridgehead atoms. The van der Waals surface area contributed by atoms with Crippen molar-refractivity contribution in [3.8, 4) is 0 Å². The van der Waals surface area contributed by atoms with Crippen LogP contribution < -0.4 is 0 Å². The van der Waals surface area contributed by atoms with Gasteiger partial charge in [0.25, 0.3) is 0 Å². The van der Waals surface area contributed by atoms with E-state index in [2.05, 4.69) is 0 Å². The maximum Gasteiger partial charge on any atom is 0.328 e. The number of carbonyl (C=O) groups is 2. The van der Waals surface area contributed by atoms with Crippen molar-refractivity contribution in [3.63, 3.8) is 0 Å². The maximum atomic E-state index is 10.4. The highest BCUT2D eigenvalue weighted by Crippen LogP contribution is 2.13. The Hall–Kier alpha value is -1.90. The van der Waals surface area contributed by atoms with Crippen molar-refractivity contribution < 1.29 is 14.7 Å². The molecule has 0 heterocycles. The molecule has 0 radical (unpaired) electrons. The lowest BCUT2D eigenvalue weighted by Gasteiger charge is -2.03. The van der Waals surface area contributed by atoms with Crippen LogP contribution >= 0.6 is 0 Å². The van der Waals surface area contributed by atoms with Crippen LogP contribution in [-0.4, -0.2) is 17.4 Å². The quantitative estimate of drug-likeness (QED) is 0.609. The molecule has 3 heteroatoms. The van der Waals surface area contributed by atoms with Gasteiger partial charge < -0.3 is 9.90 Å². The molecule has 0 saturated carbocycles. The summed E-state index contributed by atoms with van der Waals surface area (Å²) >= 11 is 0. The average molecular weight is 218 g/mol. The lowest BCUT2D eigenvalue weighted by molar-refractivity contribution is -0.131. The van der Waals surface area contributed by atoms with Crippen LogP contribution in [0.25, 0.3) is 6.08 Å². The number of aldehydes is 1. The molecule has 3 nitrogen and oxygen atoms in total. The van der Waals surface area contributed by atoms with E-state index < -0.39 is 5.97 Å². The van der Waals surface area contributed by atoms with Crippen LogP contribution in [0.2, 0.25) is 0 Å². The summed E-state index contributed by atoms with van der Waals surface area (Å²) in [6.07, 6.45) is 4.83. The van der Waals surface area contributed by atoms with Crippen molar-refractivity contribution >= 4 is 18.3 Å². The molecule has 1 rings (SSSR count). The van der Waals surface area contributed by atoms with E-state index in [-0.39, 0.29) is 0 Å². The Kier molecular flexibility index (Phi) is 4.45. The molecule has 0 atom stereocenters. The highest BCUT2D eigenvalue weighted by molar-refractivity contribution is 5.85. The van der Waals surface area contributed by atoms with Gasteiger partial charge in [0, 0.05) is 12.5 Å². The SMILES string of the molecule is Cc1cc(CCC=O)ccc1/C=C/C(=O)O. The van der Waals surface area contributed by atoms with Gasteiger partial charge in [-0.1, -0.05) is 18.2 Å². The molecule has 1 aromatic carbocycles. The summed E-state index contributed by atoms with van der Waals surface area (Å²) in [4.78, 5) is 20.6. The fourth-order valence-corrected chi connectivity index (χ4v) is 1.47. The van der Waals surface area contributed by atoms with Gasteiger partial charge in [0.2, 0.25) is 0 Å². The van der Waals surface area contributed by atoms with Crippen LogP contribution in [-0.2, 0) is 16.0 Å². The fraction of sp³-hybridized carbons (Fsp3) is 0.231. The first-order chi connectivity index (χ1) is 7.63. The Labute approximate surface area is 94.4 Å². The second-order valence-corrected chi connectivity index (χ2v) is 3.57. The highest BCUT2D eigenvalue weighted by Gasteiger charge is 1.98. The number of carbonyl (C=O) groups excluding carboxylic acids is 1. The molecule has 0 aromatic heterocycles. The second kappa shape index (κ2) is 5.85. The highest BCUT2D eigenvalue weighted by atomic mass is 16.4. The second-order valence-electron chi connectivity index (χ2n) is 3.57. The van der Waals surface area contributed by atoms with Gasteiger partial charge >= 0.3 is 5.97 Å². The minimum atomic E-state index is -0.954. The Morgan fingerprint density at radius 2 is 2.19 bits per heavy atom. The molecule has 0 unspecified atom stereocenters. The lowest BCUT2D eigenvalue weighted by atomic mass is 10.0. The monoisotopic (exact) mass is 218 g/mol. The molecule has 0 spiro atoms. The summed E-state index contributed by atoms with van der Waals surface area (Å²) < 4.78 is 0. The summed E-state index contributed by atoms with van der Waals surface area (Å²) in [5, 5.41) is 8.51. The lowest BCUT2D eigenvalue weighted by Crippen LogP contribution is -1.90. The van der Waals surface area contributed by atoms with Crippen LogP contribution in [0.1, 0.15) is 23.1 Å². The molecule has 0 aliphatic heterocycles. The summed E-state index contributed by atoms with van der Waals surface area (Å²) in [6, 6.07) is 5.76. The molecule has 0 saturated heterocycles. The standard InChI is InChI=1S/C13H14O3/c1-10-9-11(3-2-8-14)4-5-12(10)6-7-13(15)16/h4-9H,2-3H2,1H3,(H,15,16)/b7-6+. The van der Waals surface area contributed by atoms with Crippen molar-refractivity contribution in [3.05, 3.63) is 41.0 Å². The van der Waals surface area contributed by atoms with Gasteiger partial charge in [-0.05, 0) is 36.1 Å². The third-order valence-corrected chi connectivity index (χ3v) is 2.29. The Morgan fingerprint density at radius 3 is 2.75 bits per heavy atom. The van der Waals surface area contributed by atoms with Crippen molar-refractivity contribution in [2.45, 2.75) is 19.8 Å². The first-order valence-corrected chi connectivity index (χ1v) is 5.07. The number of hydrogen-bond donors (Lipinski definition) is 1. The van der Waals surface area contributed by atoms with Crippen molar-refractivity contribution in [2.24, 2.45) is 0 Å². The normalized spacial score (nSPS) is 10.6. The average Bonchev–Trinajstić information content (AvgIpc) is 2.24. The molecule has 0 amide bonds. The molecule has 84 valence electrons. The van der Waals surface area contributed by atoms with Crippen molar-refractivity contribution in [1.29, 1.82) is 0 Å². The van der Waals surface area contributed by atoms with Crippen LogP contribution in [0.15, 0.2) is 24.3 Å². The van der Waals surface area contributed by atoms with Crippen LogP contribution in [0.3, 0.4) is 0 Å². The van der Waals surface area contributed by atoms with E-state index in [1.165, 1.54) is 0 Å². The van der Waals surface area contributed by atoms with E-state index in [0.29, 0.717) is 6.42 Å². The summed E-state index contributed by atoms with van der Waals surface area (Å²) in [7, 11) is 0. The smallest absolute Gasteiger partial charge is 0.328 e. The van der Waals surface area contributed by atoms with Gasteiger partial charge in [0.15, 0.2) is 0 Å². The molecule has 16 heavy (non-hydrogen) atoms. The molecule has 0 fully saturated rings. The molecule has 0 aliphatic carbocycles. The molecular weight excluding hydrogens is 204 g/mol. The largest absolute Gasteiger partial charge is 0.478 e. The Bertz CT molecular complexity index is 419. The predicted molar refractivity (Wildman–Crippen MR) is 62.2 cm³/mol. The summed E-state index contributed by atoms with van der Waals surface area (Å²) in [5.41, 5.74) is 3.00. The minimum absolute atomic E-state index is 0.518. The zero-order valence-electron chi connectivity index (χ0n) is 9.14. The van der Waals surface area contributed by atoms with Crippen LogP contribution in [0, 0.1) is 6.92 Å². The van der Waals surface area contributed by atoms with E-state index in [1.54, 1.807) is 6.08 Å². The summed E-state index contributed by atoms with van der Waals surface area (Å²) in [6.45, 7) is 1.92. The van der Waals surface area contributed by atoms with Gasteiger partial charge in [0.1, 0.15) is 6.29 Å². The fourth-order valence-electron chi connectivity index (χ4n) is 1.47. The third-order valence-electron chi connectivity index (χ3n) is 2.29. The molecular formula is C13H14O3. The zero-order chi connectivity index (χ0) is 12.0. The maximum absolute atomic E-state index is 10.4. The van der Waals surface area contributed by atoms with E-state index in [4.69, 9.17) is 5.11 Å². The molecule has 1 aromatic rings. The van der Waals surface area contributed by atoms with Gasteiger partial charge in [-0.25, -0.2) is 4.79 Å². The third kappa shape index (κ3) is 3.69. The van der Waals surface area contributed by atoms with E-state index in [0.717, 1.165) is 35.5 Å². The van der Waals surface area contributed by atoms with Crippen molar-refractivity contribution in [2.75, 3.05) is 0 Å².